The van der Waals surface area contributed by atoms with E-state index in [1.807, 2.05) is 11.4 Å². The zero-order valence-electron chi connectivity index (χ0n) is 10.3. The van der Waals surface area contributed by atoms with E-state index in [0.717, 1.165) is 41.7 Å². The lowest BCUT2D eigenvalue weighted by Gasteiger charge is -1.99. The summed E-state index contributed by atoms with van der Waals surface area (Å²) in [6.07, 6.45) is 3.01. The molecule has 2 heterocycles. The van der Waals surface area contributed by atoms with Crippen molar-refractivity contribution < 1.29 is 4.42 Å². The van der Waals surface area contributed by atoms with Gasteiger partial charge in [-0.1, -0.05) is 6.92 Å². The molecule has 0 atom stereocenters. The van der Waals surface area contributed by atoms with Gasteiger partial charge in [0, 0.05) is 10.9 Å². The van der Waals surface area contributed by atoms with Gasteiger partial charge in [0.05, 0.1) is 0 Å². The van der Waals surface area contributed by atoms with Crippen LogP contribution in [0.25, 0.3) is 10.8 Å². The summed E-state index contributed by atoms with van der Waals surface area (Å²) in [6.45, 7) is 4.22. The molecule has 0 spiro atoms. The van der Waals surface area contributed by atoms with Crippen molar-refractivity contribution in [3.05, 3.63) is 21.8 Å². The zero-order chi connectivity index (χ0) is 12.8. The molecule has 18 heavy (non-hydrogen) atoms. The predicted molar refractivity (Wildman–Crippen MR) is 76.8 cm³/mol. The van der Waals surface area contributed by atoms with Crippen LogP contribution in [0.2, 0.25) is 0 Å². The molecule has 2 aromatic rings. The predicted octanol–water partition coefficient (Wildman–Crippen LogP) is 3.49. The molecule has 0 aliphatic rings. The summed E-state index contributed by atoms with van der Waals surface area (Å²) in [4.78, 5) is 0.998. The van der Waals surface area contributed by atoms with Gasteiger partial charge < -0.3 is 9.73 Å². The molecule has 1 N–H and O–H groups in total. The van der Waals surface area contributed by atoms with Gasteiger partial charge in [0.1, 0.15) is 4.88 Å². The monoisotopic (exact) mass is 329 g/mol. The molecule has 0 aliphatic heterocycles. The Hall–Kier alpha value is -0.720. The Morgan fingerprint density at radius 2 is 2.28 bits per heavy atom. The van der Waals surface area contributed by atoms with E-state index in [9.17, 15) is 0 Å². The second kappa shape index (κ2) is 7.01. The van der Waals surface area contributed by atoms with E-state index in [1.54, 1.807) is 11.3 Å². The summed E-state index contributed by atoms with van der Waals surface area (Å²) in [6, 6.07) is 1.98. The third-order valence-electron chi connectivity index (χ3n) is 2.45. The molecule has 0 fully saturated rings. The molecule has 98 valence electrons. The van der Waals surface area contributed by atoms with Crippen molar-refractivity contribution in [2.75, 3.05) is 13.1 Å². The minimum atomic E-state index is 0.605. The molecule has 2 aromatic heterocycles. The lowest BCUT2D eigenvalue weighted by atomic mass is 10.3. The highest BCUT2D eigenvalue weighted by molar-refractivity contribution is 9.10. The summed E-state index contributed by atoms with van der Waals surface area (Å²) in [7, 11) is 0. The third-order valence-corrected chi connectivity index (χ3v) is 4.27. The number of nitrogens with zero attached hydrogens (tertiary/aromatic N) is 2. The number of halogens is 1. The second-order valence-corrected chi connectivity index (χ2v) is 5.72. The first-order chi connectivity index (χ1) is 8.81. The quantitative estimate of drug-likeness (QED) is 0.790. The first-order valence-corrected chi connectivity index (χ1v) is 7.75. The van der Waals surface area contributed by atoms with Crippen LogP contribution in [0.1, 0.15) is 25.7 Å². The summed E-state index contributed by atoms with van der Waals surface area (Å²) in [5, 5.41) is 13.5. The number of hydrogen-bond acceptors (Lipinski definition) is 5. The van der Waals surface area contributed by atoms with Crippen molar-refractivity contribution in [3.8, 4) is 10.8 Å². The van der Waals surface area contributed by atoms with Crippen LogP contribution in [0.3, 0.4) is 0 Å². The molecule has 0 unspecified atom stereocenters. The van der Waals surface area contributed by atoms with Crippen LogP contribution in [0.4, 0.5) is 0 Å². The van der Waals surface area contributed by atoms with Crippen molar-refractivity contribution in [1.29, 1.82) is 0 Å². The van der Waals surface area contributed by atoms with Crippen molar-refractivity contribution in [1.82, 2.24) is 15.5 Å². The minimum Gasteiger partial charge on any atom is -0.420 e. The van der Waals surface area contributed by atoms with E-state index >= 15 is 0 Å². The van der Waals surface area contributed by atoms with Crippen LogP contribution >= 0.6 is 27.3 Å². The Labute approximate surface area is 119 Å². The highest BCUT2D eigenvalue weighted by Gasteiger charge is 2.12. The Morgan fingerprint density at radius 3 is 3.00 bits per heavy atom. The summed E-state index contributed by atoms with van der Waals surface area (Å²) >= 11 is 5.06. The summed E-state index contributed by atoms with van der Waals surface area (Å²) < 4.78 is 6.65. The van der Waals surface area contributed by atoms with Gasteiger partial charge in [-0.2, -0.15) is 0 Å². The van der Waals surface area contributed by atoms with E-state index in [-0.39, 0.29) is 0 Å². The molecular weight excluding hydrogens is 314 g/mol. The molecule has 0 radical (unpaired) electrons. The molecule has 0 aliphatic carbocycles. The molecule has 6 heteroatoms. The molecule has 0 saturated heterocycles. The average molecular weight is 330 g/mol. The van der Waals surface area contributed by atoms with E-state index in [2.05, 4.69) is 38.4 Å². The first-order valence-electron chi connectivity index (χ1n) is 6.07. The van der Waals surface area contributed by atoms with Crippen molar-refractivity contribution in [2.45, 2.75) is 26.2 Å². The number of thiophene rings is 1. The minimum absolute atomic E-state index is 0.605. The molecule has 0 saturated carbocycles. The van der Waals surface area contributed by atoms with Crippen LogP contribution in [-0.2, 0) is 6.42 Å². The van der Waals surface area contributed by atoms with Gasteiger partial charge in [0.25, 0.3) is 5.89 Å². The maximum atomic E-state index is 5.65. The molecule has 0 bridgehead atoms. The van der Waals surface area contributed by atoms with Gasteiger partial charge in [-0.25, -0.2) is 0 Å². The molecule has 4 nitrogen and oxygen atoms in total. The van der Waals surface area contributed by atoms with Crippen LogP contribution < -0.4 is 5.32 Å². The smallest absolute Gasteiger partial charge is 0.258 e. The Balaban J connectivity index is 1.85. The van der Waals surface area contributed by atoms with Gasteiger partial charge >= 0.3 is 0 Å². The van der Waals surface area contributed by atoms with Crippen LogP contribution in [0, 0.1) is 0 Å². The van der Waals surface area contributed by atoms with Gasteiger partial charge in [-0.15, -0.1) is 21.5 Å². The van der Waals surface area contributed by atoms with Gasteiger partial charge in [0.15, 0.2) is 0 Å². The normalized spacial score (nSPS) is 11.0. The average Bonchev–Trinajstić information content (AvgIpc) is 2.97. The Morgan fingerprint density at radius 1 is 1.39 bits per heavy atom. The van der Waals surface area contributed by atoms with E-state index in [1.165, 1.54) is 0 Å². The fourth-order valence-electron chi connectivity index (χ4n) is 1.56. The fourth-order valence-corrected chi connectivity index (χ4v) is 3.02. The van der Waals surface area contributed by atoms with Gasteiger partial charge in [0.2, 0.25) is 5.89 Å². The number of aryl methyl sites for hydroxylation is 1. The molecular formula is C12H16BrN3OS. The highest BCUT2D eigenvalue weighted by atomic mass is 79.9. The van der Waals surface area contributed by atoms with Gasteiger partial charge in [-0.05, 0) is 53.3 Å². The zero-order valence-corrected chi connectivity index (χ0v) is 12.7. The second-order valence-electron chi connectivity index (χ2n) is 3.95. The number of rotatable bonds is 7. The van der Waals surface area contributed by atoms with Crippen molar-refractivity contribution >= 4 is 27.3 Å². The van der Waals surface area contributed by atoms with E-state index in [4.69, 9.17) is 4.42 Å². The van der Waals surface area contributed by atoms with Crippen molar-refractivity contribution in [2.24, 2.45) is 0 Å². The Bertz CT molecular complexity index is 483. The maximum absolute atomic E-state index is 5.65. The number of aromatic nitrogens is 2. The van der Waals surface area contributed by atoms with Crippen LogP contribution in [0.5, 0.6) is 0 Å². The third kappa shape index (κ3) is 3.63. The molecule has 0 amide bonds. The maximum Gasteiger partial charge on any atom is 0.258 e. The van der Waals surface area contributed by atoms with Gasteiger partial charge in [-0.3, -0.25) is 0 Å². The van der Waals surface area contributed by atoms with E-state index in [0.29, 0.717) is 11.8 Å². The Kier molecular flexibility index (Phi) is 5.34. The fraction of sp³-hybridized carbons (Fsp3) is 0.500. The topological polar surface area (TPSA) is 51.0 Å². The summed E-state index contributed by atoms with van der Waals surface area (Å²) in [5.41, 5.74) is 0. The summed E-state index contributed by atoms with van der Waals surface area (Å²) in [5.74, 6) is 1.32. The largest absolute Gasteiger partial charge is 0.420 e. The van der Waals surface area contributed by atoms with Crippen molar-refractivity contribution in [3.63, 3.8) is 0 Å². The lowest BCUT2D eigenvalue weighted by Crippen LogP contribution is -2.16. The molecule has 2 rings (SSSR count). The van der Waals surface area contributed by atoms with E-state index < -0.39 is 0 Å². The van der Waals surface area contributed by atoms with Crippen LogP contribution in [0.15, 0.2) is 20.3 Å². The standard InChI is InChI=1S/C12H16BrN3OS/c1-2-6-14-7-3-4-10-15-16-12(17-10)11-9(13)5-8-18-11/h5,8,14H,2-4,6-7H2,1H3. The first kappa shape index (κ1) is 13.7. The number of nitrogens with one attached hydrogen (secondary N) is 1. The molecule has 0 aromatic carbocycles. The highest BCUT2D eigenvalue weighted by Crippen LogP contribution is 2.32. The SMILES string of the molecule is CCCNCCCc1nnc(-c2sccc2Br)o1. The number of hydrogen-bond donors (Lipinski definition) is 1. The van der Waals surface area contributed by atoms with Crippen LogP contribution in [-0.4, -0.2) is 23.3 Å². The lowest BCUT2D eigenvalue weighted by molar-refractivity contribution is 0.492.